The number of hydrogen-bond acceptors (Lipinski definition) is 3. The molecule has 0 heterocycles. The molecule has 1 aliphatic rings. The van der Waals surface area contributed by atoms with Crippen molar-refractivity contribution >= 4 is 5.69 Å². The van der Waals surface area contributed by atoms with Gasteiger partial charge in [0.25, 0.3) is 0 Å². The van der Waals surface area contributed by atoms with Crippen molar-refractivity contribution in [3.63, 3.8) is 0 Å². The summed E-state index contributed by atoms with van der Waals surface area (Å²) in [5.41, 5.74) is 0.981. The number of aliphatic hydroxyl groups is 1. The van der Waals surface area contributed by atoms with Gasteiger partial charge in [-0.05, 0) is 31.0 Å². The van der Waals surface area contributed by atoms with Gasteiger partial charge in [0.05, 0.1) is 17.2 Å². The van der Waals surface area contributed by atoms with E-state index < -0.39 is 5.60 Å². The lowest BCUT2D eigenvalue weighted by molar-refractivity contribution is 0.0167. The second kappa shape index (κ2) is 5.20. The highest BCUT2D eigenvalue weighted by molar-refractivity contribution is 5.49. The third kappa shape index (κ3) is 3.21. The number of nitrogens with one attached hydrogen (secondary N) is 1. The van der Waals surface area contributed by atoms with Gasteiger partial charge in [0.1, 0.15) is 0 Å². The maximum Gasteiger partial charge on any atom is 0.0992 e. The fourth-order valence-corrected chi connectivity index (χ4v) is 2.35. The van der Waals surface area contributed by atoms with Crippen molar-refractivity contribution in [3.05, 3.63) is 29.8 Å². The van der Waals surface area contributed by atoms with Crippen LogP contribution in [0.1, 0.15) is 37.7 Å². The van der Waals surface area contributed by atoms with E-state index in [1.54, 1.807) is 6.07 Å². The van der Waals surface area contributed by atoms with E-state index in [-0.39, 0.29) is 0 Å². The number of rotatable bonds is 3. The van der Waals surface area contributed by atoms with Crippen molar-refractivity contribution in [2.24, 2.45) is 0 Å². The van der Waals surface area contributed by atoms with E-state index in [0.29, 0.717) is 12.1 Å². The van der Waals surface area contributed by atoms with Crippen LogP contribution in [0.3, 0.4) is 0 Å². The van der Waals surface area contributed by atoms with E-state index in [2.05, 4.69) is 11.4 Å². The topological polar surface area (TPSA) is 56.0 Å². The van der Waals surface area contributed by atoms with Gasteiger partial charge in [-0.1, -0.05) is 25.3 Å². The summed E-state index contributed by atoms with van der Waals surface area (Å²) in [4.78, 5) is 0. The minimum Gasteiger partial charge on any atom is -0.388 e. The predicted octanol–water partition coefficient (Wildman–Crippen LogP) is 2.67. The Morgan fingerprint density at radius 2 is 2.06 bits per heavy atom. The maximum absolute atomic E-state index is 10.3. The van der Waals surface area contributed by atoms with Crippen molar-refractivity contribution in [1.82, 2.24) is 0 Å². The summed E-state index contributed by atoms with van der Waals surface area (Å²) in [7, 11) is 0. The fraction of sp³-hybridized carbons (Fsp3) is 0.500. The van der Waals surface area contributed by atoms with Crippen LogP contribution in [0.25, 0.3) is 0 Å². The van der Waals surface area contributed by atoms with Crippen molar-refractivity contribution < 1.29 is 5.11 Å². The van der Waals surface area contributed by atoms with Crippen LogP contribution in [0.5, 0.6) is 0 Å². The Morgan fingerprint density at radius 3 is 2.76 bits per heavy atom. The van der Waals surface area contributed by atoms with E-state index >= 15 is 0 Å². The second-order valence-electron chi connectivity index (χ2n) is 4.83. The summed E-state index contributed by atoms with van der Waals surface area (Å²) in [6.07, 6.45) is 5.19. The van der Waals surface area contributed by atoms with E-state index in [9.17, 15) is 5.11 Å². The lowest BCUT2D eigenvalue weighted by Crippen LogP contribution is -2.38. The smallest absolute Gasteiger partial charge is 0.0992 e. The van der Waals surface area contributed by atoms with Crippen LogP contribution >= 0.6 is 0 Å². The SMILES string of the molecule is N#Cc1cccc(NCC2(O)CCCCC2)c1. The largest absolute Gasteiger partial charge is 0.388 e. The van der Waals surface area contributed by atoms with Crippen LogP contribution < -0.4 is 5.32 Å². The Labute approximate surface area is 102 Å². The molecule has 0 saturated heterocycles. The summed E-state index contributed by atoms with van der Waals surface area (Å²) in [5, 5.41) is 22.4. The minimum absolute atomic E-state index is 0.569. The van der Waals surface area contributed by atoms with E-state index in [1.165, 1.54) is 6.42 Å². The number of nitrogens with zero attached hydrogens (tertiary/aromatic N) is 1. The molecular formula is C14H18N2O. The molecular weight excluding hydrogens is 212 g/mol. The first kappa shape index (κ1) is 11.9. The van der Waals surface area contributed by atoms with Crippen LogP contribution in [-0.4, -0.2) is 17.3 Å². The molecule has 0 atom stereocenters. The molecule has 1 saturated carbocycles. The molecule has 17 heavy (non-hydrogen) atoms. The van der Waals surface area contributed by atoms with Gasteiger partial charge in [-0.15, -0.1) is 0 Å². The van der Waals surface area contributed by atoms with Gasteiger partial charge in [-0.25, -0.2) is 0 Å². The standard InChI is InChI=1S/C14H18N2O/c15-10-12-5-4-6-13(9-12)16-11-14(17)7-2-1-3-8-14/h4-6,9,16-17H,1-3,7-8,11H2. The lowest BCUT2D eigenvalue weighted by atomic mass is 9.85. The average Bonchev–Trinajstić information content (AvgIpc) is 2.38. The van der Waals surface area contributed by atoms with Crippen LogP contribution in [0.4, 0.5) is 5.69 Å². The van der Waals surface area contributed by atoms with Gasteiger partial charge in [0, 0.05) is 12.2 Å². The number of anilines is 1. The summed E-state index contributed by atoms with van der Waals surface area (Å²) in [5.74, 6) is 0. The van der Waals surface area contributed by atoms with Gasteiger partial charge < -0.3 is 10.4 Å². The Balaban J connectivity index is 1.95. The Kier molecular flexibility index (Phi) is 3.65. The summed E-state index contributed by atoms with van der Waals surface area (Å²) >= 11 is 0. The minimum atomic E-state index is -0.569. The number of nitriles is 1. The molecule has 1 aromatic carbocycles. The van der Waals surface area contributed by atoms with Crippen molar-refractivity contribution in [3.8, 4) is 6.07 Å². The number of hydrogen-bond donors (Lipinski definition) is 2. The van der Waals surface area contributed by atoms with Crippen LogP contribution in [0.15, 0.2) is 24.3 Å². The Hall–Kier alpha value is -1.53. The highest BCUT2D eigenvalue weighted by atomic mass is 16.3. The Bertz CT molecular complexity index is 416. The molecule has 0 aromatic heterocycles. The summed E-state index contributed by atoms with van der Waals surface area (Å²) < 4.78 is 0. The quantitative estimate of drug-likeness (QED) is 0.839. The number of benzene rings is 1. The first-order chi connectivity index (χ1) is 8.22. The third-order valence-electron chi connectivity index (χ3n) is 3.40. The van der Waals surface area contributed by atoms with Gasteiger partial charge in [0.2, 0.25) is 0 Å². The molecule has 0 bridgehead atoms. The molecule has 1 fully saturated rings. The highest BCUT2D eigenvalue weighted by Crippen LogP contribution is 2.28. The molecule has 2 N–H and O–H groups in total. The van der Waals surface area contributed by atoms with Crippen molar-refractivity contribution in [2.75, 3.05) is 11.9 Å². The zero-order chi connectivity index (χ0) is 12.1. The molecule has 2 rings (SSSR count). The normalized spacial score (nSPS) is 18.4. The third-order valence-corrected chi connectivity index (χ3v) is 3.40. The van der Waals surface area contributed by atoms with Crippen molar-refractivity contribution in [2.45, 2.75) is 37.7 Å². The van der Waals surface area contributed by atoms with Gasteiger partial charge >= 0.3 is 0 Å². The molecule has 1 aromatic rings. The molecule has 0 amide bonds. The summed E-state index contributed by atoms with van der Waals surface area (Å²) in [6.45, 7) is 0.571. The van der Waals surface area contributed by atoms with Gasteiger partial charge in [0.15, 0.2) is 0 Å². The zero-order valence-corrected chi connectivity index (χ0v) is 9.95. The van der Waals surface area contributed by atoms with Crippen LogP contribution in [0, 0.1) is 11.3 Å². The molecule has 0 radical (unpaired) electrons. The van der Waals surface area contributed by atoms with E-state index in [4.69, 9.17) is 5.26 Å². The van der Waals surface area contributed by atoms with E-state index in [0.717, 1.165) is 31.4 Å². The van der Waals surface area contributed by atoms with Crippen LogP contribution in [0.2, 0.25) is 0 Å². The second-order valence-corrected chi connectivity index (χ2v) is 4.83. The molecule has 3 heteroatoms. The molecule has 3 nitrogen and oxygen atoms in total. The summed E-state index contributed by atoms with van der Waals surface area (Å²) in [6, 6.07) is 9.48. The molecule has 0 aliphatic heterocycles. The van der Waals surface area contributed by atoms with E-state index in [1.807, 2.05) is 18.2 Å². The molecule has 0 unspecified atom stereocenters. The van der Waals surface area contributed by atoms with Crippen LogP contribution in [-0.2, 0) is 0 Å². The van der Waals surface area contributed by atoms with Gasteiger partial charge in [-0.2, -0.15) is 5.26 Å². The predicted molar refractivity (Wildman–Crippen MR) is 67.7 cm³/mol. The molecule has 0 spiro atoms. The average molecular weight is 230 g/mol. The monoisotopic (exact) mass is 230 g/mol. The molecule has 1 aliphatic carbocycles. The maximum atomic E-state index is 10.3. The first-order valence-electron chi connectivity index (χ1n) is 6.18. The lowest BCUT2D eigenvalue weighted by Gasteiger charge is -2.32. The van der Waals surface area contributed by atoms with Crippen molar-refractivity contribution in [1.29, 1.82) is 5.26 Å². The first-order valence-corrected chi connectivity index (χ1v) is 6.18. The highest BCUT2D eigenvalue weighted by Gasteiger charge is 2.28. The molecule has 90 valence electrons. The fourth-order valence-electron chi connectivity index (χ4n) is 2.35. The van der Waals surface area contributed by atoms with Gasteiger partial charge in [-0.3, -0.25) is 0 Å². The Morgan fingerprint density at radius 1 is 1.29 bits per heavy atom. The zero-order valence-electron chi connectivity index (χ0n) is 9.95.